The molecule has 0 aliphatic carbocycles. The van der Waals surface area contributed by atoms with Crippen molar-refractivity contribution in [1.29, 1.82) is 0 Å². The summed E-state index contributed by atoms with van der Waals surface area (Å²) in [4.78, 5) is 26.6. The average molecular weight is 178 g/mol. The molecule has 2 rings (SSSR count). The molecule has 2 heterocycles. The normalized spacial score (nSPS) is 23.6. The van der Waals surface area contributed by atoms with Gasteiger partial charge in [0.15, 0.2) is 17.6 Å². The molecule has 0 N–H and O–H groups in total. The van der Waals surface area contributed by atoms with E-state index in [1.807, 2.05) is 0 Å². The molecule has 0 bridgehead atoms. The lowest BCUT2D eigenvalue weighted by Crippen LogP contribution is -2.34. The minimum absolute atomic E-state index is 0.227. The third-order valence-electron chi connectivity index (χ3n) is 1.69. The van der Waals surface area contributed by atoms with Gasteiger partial charge < -0.3 is 4.74 Å². The van der Waals surface area contributed by atoms with Gasteiger partial charge in [-0.3, -0.25) is 4.99 Å². The van der Waals surface area contributed by atoms with Crippen molar-refractivity contribution in [2.45, 2.75) is 6.04 Å². The Morgan fingerprint density at radius 3 is 3.08 bits per heavy atom. The number of fused-ring (bicyclic) bond motifs is 1. The third kappa shape index (κ3) is 1.16. The Labute approximate surface area is 73.8 Å². The Balaban J connectivity index is 2.33. The SMILES string of the molecule is COC(=O)C1=NC=NC2=NC=NC21. The van der Waals surface area contributed by atoms with E-state index < -0.39 is 12.0 Å². The van der Waals surface area contributed by atoms with Crippen LogP contribution in [0.1, 0.15) is 0 Å². The molecule has 0 fully saturated rings. The Morgan fingerprint density at radius 1 is 1.46 bits per heavy atom. The van der Waals surface area contributed by atoms with Gasteiger partial charge in [0.25, 0.3) is 0 Å². The number of amidine groups is 1. The topological polar surface area (TPSA) is 75.7 Å². The highest BCUT2D eigenvalue weighted by atomic mass is 16.5. The van der Waals surface area contributed by atoms with Crippen LogP contribution in [-0.2, 0) is 9.53 Å². The van der Waals surface area contributed by atoms with Crippen molar-refractivity contribution >= 4 is 30.2 Å². The highest BCUT2D eigenvalue weighted by Gasteiger charge is 2.31. The van der Waals surface area contributed by atoms with Gasteiger partial charge in [0, 0.05) is 0 Å². The lowest BCUT2D eigenvalue weighted by Gasteiger charge is -2.11. The predicted octanol–water partition coefficient (Wildman–Crippen LogP) is -0.549. The van der Waals surface area contributed by atoms with Gasteiger partial charge in [0.2, 0.25) is 0 Å². The number of carbonyl (C=O) groups excluding carboxylic acids is 1. The molecule has 0 saturated heterocycles. The largest absolute Gasteiger partial charge is 0.464 e. The van der Waals surface area contributed by atoms with E-state index in [4.69, 9.17) is 0 Å². The highest BCUT2D eigenvalue weighted by Crippen LogP contribution is 2.09. The lowest BCUT2D eigenvalue weighted by molar-refractivity contribution is -0.132. The van der Waals surface area contributed by atoms with Crippen LogP contribution in [0.15, 0.2) is 20.0 Å². The number of aliphatic imine (C=N–C) groups is 4. The van der Waals surface area contributed by atoms with Crippen molar-refractivity contribution < 1.29 is 9.53 Å². The zero-order valence-electron chi connectivity index (χ0n) is 6.84. The van der Waals surface area contributed by atoms with Crippen LogP contribution >= 0.6 is 0 Å². The molecule has 13 heavy (non-hydrogen) atoms. The molecule has 66 valence electrons. The predicted molar refractivity (Wildman–Crippen MR) is 47.7 cm³/mol. The molecule has 0 amide bonds. The highest BCUT2D eigenvalue weighted by molar-refractivity contribution is 6.46. The van der Waals surface area contributed by atoms with E-state index in [1.165, 1.54) is 19.8 Å². The van der Waals surface area contributed by atoms with Gasteiger partial charge in [-0.05, 0) is 0 Å². The molecular weight excluding hydrogens is 172 g/mol. The fourth-order valence-electron chi connectivity index (χ4n) is 1.08. The van der Waals surface area contributed by atoms with Gasteiger partial charge in [-0.15, -0.1) is 0 Å². The van der Waals surface area contributed by atoms with Crippen molar-refractivity contribution in [3.05, 3.63) is 0 Å². The maximum Gasteiger partial charge on any atom is 0.355 e. The van der Waals surface area contributed by atoms with E-state index in [1.54, 1.807) is 0 Å². The number of hydrogen-bond donors (Lipinski definition) is 0. The number of carbonyl (C=O) groups is 1. The summed E-state index contributed by atoms with van der Waals surface area (Å²) < 4.78 is 4.54. The van der Waals surface area contributed by atoms with Gasteiger partial charge >= 0.3 is 5.97 Å². The Kier molecular flexibility index (Phi) is 1.73. The van der Waals surface area contributed by atoms with E-state index in [-0.39, 0.29) is 5.71 Å². The van der Waals surface area contributed by atoms with Crippen molar-refractivity contribution in [3.8, 4) is 0 Å². The van der Waals surface area contributed by atoms with E-state index >= 15 is 0 Å². The van der Waals surface area contributed by atoms with Gasteiger partial charge in [0.05, 0.1) is 7.11 Å². The molecule has 2 aliphatic rings. The molecule has 0 spiro atoms. The molecule has 0 aromatic heterocycles. The van der Waals surface area contributed by atoms with Gasteiger partial charge in [-0.2, -0.15) is 0 Å². The molecule has 0 saturated carbocycles. The standard InChI is InChI=1S/C7H6N4O2/c1-13-7(12)5-4-6(10-2-8-4)11-3-9-5/h2-4H,1H3. The second-order valence-electron chi connectivity index (χ2n) is 2.40. The summed E-state index contributed by atoms with van der Waals surface area (Å²) in [5, 5.41) is 0. The van der Waals surface area contributed by atoms with Crippen molar-refractivity contribution in [1.82, 2.24) is 0 Å². The van der Waals surface area contributed by atoms with Crippen LogP contribution in [-0.4, -0.2) is 43.3 Å². The molecule has 2 aliphatic heterocycles. The van der Waals surface area contributed by atoms with Gasteiger partial charge in [-0.25, -0.2) is 19.8 Å². The molecule has 1 atom stereocenters. The molecule has 0 radical (unpaired) electrons. The summed E-state index contributed by atoms with van der Waals surface area (Å²) in [6.45, 7) is 0. The number of hydrogen-bond acceptors (Lipinski definition) is 6. The monoisotopic (exact) mass is 178 g/mol. The number of rotatable bonds is 1. The lowest BCUT2D eigenvalue weighted by atomic mass is 10.1. The van der Waals surface area contributed by atoms with Gasteiger partial charge in [0.1, 0.15) is 12.7 Å². The summed E-state index contributed by atoms with van der Waals surface area (Å²) >= 11 is 0. The van der Waals surface area contributed by atoms with E-state index in [0.29, 0.717) is 5.84 Å². The van der Waals surface area contributed by atoms with Crippen molar-refractivity contribution in [3.63, 3.8) is 0 Å². The molecule has 6 nitrogen and oxygen atoms in total. The quantitative estimate of drug-likeness (QED) is 0.505. The minimum atomic E-state index is -0.497. The number of methoxy groups -OCH3 is 1. The Hall–Kier alpha value is -1.85. The first-order valence-electron chi connectivity index (χ1n) is 3.61. The number of ether oxygens (including phenoxy) is 1. The van der Waals surface area contributed by atoms with Crippen molar-refractivity contribution in [2.75, 3.05) is 7.11 Å². The van der Waals surface area contributed by atoms with Crippen LogP contribution in [0.4, 0.5) is 0 Å². The fraction of sp³-hybridized carbons (Fsp3) is 0.286. The summed E-state index contributed by atoms with van der Waals surface area (Å²) in [5.74, 6) is -0.0155. The van der Waals surface area contributed by atoms with E-state index in [0.717, 1.165) is 0 Å². The van der Waals surface area contributed by atoms with Crippen LogP contribution in [0.25, 0.3) is 0 Å². The van der Waals surface area contributed by atoms with Crippen LogP contribution in [0.2, 0.25) is 0 Å². The maximum absolute atomic E-state index is 11.2. The van der Waals surface area contributed by atoms with E-state index in [2.05, 4.69) is 24.7 Å². The molecule has 6 heteroatoms. The first-order chi connectivity index (χ1) is 6.33. The van der Waals surface area contributed by atoms with E-state index in [9.17, 15) is 4.79 Å². The molecule has 0 aromatic carbocycles. The number of nitrogens with zero attached hydrogens (tertiary/aromatic N) is 4. The Bertz CT molecular complexity index is 367. The van der Waals surface area contributed by atoms with Crippen LogP contribution in [0.3, 0.4) is 0 Å². The second kappa shape index (κ2) is 2.89. The fourth-order valence-corrected chi connectivity index (χ4v) is 1.08. The summed E-state index contributed by atoms with van der Waals surface area (Å²) in [7, 11) is 1.30. The molecule has 1 unspecified atom stereocenters. The Morgan fingerprint density at radius 2 is 2.31 bits per heavy atom. The van der Waals surface area contributed by atoms with Crippen LogP contribution in [0.5, 0.6) is 0 Å². The number of esters is 1. The summed E-state index contributed by atoms with van der Waals surface area (Å²) in [5.41, 5.74) is 0.227. The smallest absolute Gasteiger partial charge is 0.355 e. The maximum atomic E-state index is 11.2. The third-order valence-corrected chi connectivity index (χ3v) is 1.69. The molecular formula is C7H6N4O2. The summed E-state index contributed by atoms with van der Waals surface area (Å²) in [6.07, 6.45) is 2.64. The zero-order valence-corrected chi connectivity index (χ0v) is 6.84. The average Bonchev–Trinajstić information content (AvgIpc) is 2.63. The minimum Gasteiger partial charge on any atom is -0.464 e. The van der Waals surface area contributed by atoms with Crippen molar-refractivity contribution in [2.24, 2.45) is 20.0 Å². The van der Waals surface area contributed by atoms with Crippen LogP contribution in [0, 0.1) is 0 Å². The van der Waals surface area contributed by atoms with Gasteiger partial charge in [-0.1, -0.05) is 0 Å². The first-order valence-corrected chi connectivity index (χ1v) is 3.61. The molecule has 0 aromatic rings. The second-order valence-corrected chi connectivity index (χ2v) is 2.40. The summed E-state index contributed by atoms with van der Waals surface area (Å²) in [6, 6.07) is -0.475. The zero-order chi connectivity index (χ0) is 9.26. The first kappa shape index (κ1) is 7.78. The van der Waals surface area contributed by atoms with Crippen LogP contribution < -0.4 is 0 Å².